The Morgan fingerprint density at radius 2 is 1.84 bits per heavy atom. The third-order valence-electron chi connectivity index (χ3n) is 4.57. The van der Waals surface area contributed by atoms with Gasteiger partial charge in [0.15, 0.2) is 0 Å². The minimum atomic E-state index is 0.870. The first-order valence-corrected chi connectivity index (χ1v) is 8.65. The van der Waals surface area contributed by atoms with Gasteiger partial charge in [0.1, 0.15) is 0 Å². The fourth-order valence-electron chi connectivity index (χ4n) is 3.25. The van der Waals surface area contributed by atoms with E-state index in [0.29, 0.717) is 0 Å². The van der Waals surface area contributed by atoms with Crippen LogP contribution in [0.1, 0.15) is 71.6 Å². The van der Waals surface area contributed by atoms with Crippen LogP contribution in [0.15, 0.2) is 0 Å². The highest BCUT2D eigenvalue weighted by atomic mass is 15.1. The zero-order valence-electron chi connectivity index (χ0n) is 13.6. The second-order valence-corrected chi connectivity index (χ2v) is 6.57. The first-order chi connectivity index (χ1) is 9.24. The van der Waals surface area contributed by atoms with Gasteiger partial charge in [-0.15, -0.1) is 0 Å². The summed E-state index contributed by atoms with van der Waals surface area (Å²) in [6.07, 6.45) is 12.5. The fraction of sp³-hybridized carbons (Fsp3) is 1.00. The molecule has 0 radical (unpaired) electrons. The lowest BCUT2D eigenvalue weighted by Gasteiger charge is -2.34. The molecule has 1 aliphatic rings. The molecule has 0 aromatic rings. The van der Waals surface area contributed by atoms with E-state index in [-0.39, 0.29) is 0 Å². The minimum Gasteiger partial charge on any atom is -0.317 e. The van der Waals surface area contributed by atoms with Crippen molar-refractivity contribution in [3.05, 3.63) is 0 Å². The molecule has 2 heteroatoms. The quantitative estimate of drug-likeness (QED) is 0.601. The zero-order chi connectivity index (χ0) is 13.9. The zero-order valence-corrected chi connectivity index (χ0v) is 13.6. The third kappa shape index (κ3) is 7.94. The molecule has 1 N–H and O–H groups in total. The van der Waals surface area contributed by atoms with E-state index >= 15 is 0 Å². The van der Waals surface area contributed by atoms with Gasteiger partial charge in [0.2, 0.25) is 0 Å². The van der Waals surface area contributed by atoms with Gasteiger partial charge in [-0.3, -0.25) is 0 Å². The molecular formula is C17H36N2. The Morgan fingerprint density at radius 1 is 1.05 bits per heavy atom. The maximum absolute atomic E-state index is 3.48. The molecule has 0 bridgehead atoms. The Labute approximate surface area is 121 Å². The third-order valence-corrected chi connectivity index (χ3v) is 4.57. The summed E-state index contributed by atoms with van der Waals surface area (Å²) in [5.74, 6) is 0.950. The van der Waals surface area contributed by atoms with Crippen LogP contribution in [-0.4, -0.2) is 37.6 Å². The van der Waals surface area contributed by atoms with Crippen LogP contribution in [0.3, 0.4) is 0 Å². The molecular weight excluding hydrogens is 232 g/mol. The van der Waals surface area contributed by atoms with Gasteiger partial charge in [0.05, 0.1) is 0 Å². The summed E-state index contributed by atoms with van der Waals surface area (Å²) in [5, 5.41) is 3.48. The summed E-state index contributed by atoms with van der Waals surface area (Å²) in [4.78, 5) is 2.63. The van der Waals surface area contributed by atoms with Crippen molar-refractivity contribution in [2.24, 2.45) is 5.92 Å². The number of hydrogen-bond donors (Lipinski definition) is 1. The summed E-state index contributed by atoms with van der Waals surface area (Å²) >= 11 is 0. The number of unbranched alkanes of at least 4 members (excludes halogenated alkanes) is 3. The molecule has 2 unspecified atom stereocenters. The lowest BCUT2D eigenvalue weighted by molar-refractivity contribution is 0.161. The van der Waals surface area contributed by atoms with Crippen molar-refractivity contribution in [2.45, 2.75) is 77.7 Å². The maximum atomic E-state index is 3.48. The monoisotopic (exact) mass is 268 g/mol. The molecule has 0 heterocycles. The van der Waals surface area contributed by atoms with Crippen molar-refractivity contribution in [1.82, 2.24) is 10.2 Å². The summed E-state index contributed by atoms with van der Waals surface area (Å²) in [6, 6.07) is 0.870. The van der Waals surface area contributed by atoms with Crippen LogP contribution in [0, 0.1) is 5.92 Å². The molecule has 1 fully saturated rings. The highest BCUT2D eigenvalue weighted by Crippen LogP contribution is 2.26. The van der Waals surface area contributed by atoms with Gasteiger partial charge in [0.25, 0.3) is 0 Å². The molecule has 19 heavy (non-hydrogen) atoms. The lowest BCUT2D eigenvalue weighted by Crippen LogP contribution is -2.36. The van der Waals surface area contributed by atoms with Gasteiger partial charge in [-0.25, -0.2) is 0 Å². The normalized spacial score (nSPS) is 24.0. The minimum absolute atomic E-state index is 0.870. The SMILES string of the molecule is CCCNCCCCCCN(C)C1CCCC(C)C1. The van der Waals surface area contributed by atoms with E-state index in [2.05, 4.69) is 31.1 Å². The molecule has 0 saturated heterocycles. The topological polar surface area (TPSA) is 15.3 Å². The largest absolute Gasteiger partial charge is 0.317 e. The van der Waals surface area contributed by atoms with E-state index < -0.39 is 0 Å². The predicted octanol–water partition coefficient (Wildman–Crippen LogP) is 4.06. The molecule has 0 aromatic carbocycles. The Hall–Kier alpha value is -0.0800. The first-order valence-electron chi connectivity index (χ1n) is 8.65. The highest BCUT2D eigenvalue weighted by molar-refractivity contribution is 4.76. The van der Waals surface area contributed by atoms with Crippen molar-refractivity contribution >= 4 is 0 Å². The molecule has 0 aliphatic heterocycles. The molecule has 0 spiro atoms. The van der Waals surface area contributed by atoms with Crippen LogP contribution >= 0.6 is 0 Å². The fourth-order valence-corrected chi connectivity index (χ4v) is 3.25. The molecule has 0 aromatic heterocycles. The van der Waals surface area contributed by atoms with Gasteiger partial charge in [-0.05, 0) is 64.7 Å². The van der Waals surface area contributed by atoms with Crippen LogP contribution < -0.4 is 5.32 Å². The Balaban J connectivity index is 1.93. The van der Waals surface area contributed by atoms with Gasteiger partial charge >= 0.3 is 0 Å². The van der Waals surface area contributed by atoms with Crippen molar-refractivity contribution in [1.29, 1.82) is 0 Å². The van der Waals surface area contributed by atoms with Crippen molar-refractivity contribution in [3.63, 3.8) is 0 Å². The maximum Gasteiger partial charge on any atom is 0.00947 e. The summed E-state index contributed by atoms with van der Waals surface area (Å²) in [5.41, 5.74) is 0. The molecule has 114 valence electrons. The number of nitrogens with one attached hydrogen (secondary N) is 1. The van der Waals surface area contributed by atoms with Crippen molar-refractivity contribution in [2.75, 3.05) is 26.7 Å². The van der Waals surface area contributed by atoms with Crippen LogP contribution in [-0.2, 0) is 0 Å². The van der Waals surface area contributed by atoms with Crippen molar-refractivity contribution < 1.29 is 0 Å². The molecule has 1 saturated carbocycles. The van der Waals surface area contributed by atoms with Crippen LogP contribution in [0.4, 0.5) is 0 Å². The van der Waals surface area contributed by atoms with Crippen LogP contribution in [0.5, 0.6) is 0 Å². The average Bonchev–Trinajstić information content (AvgIpc) is 2.41. The summed E-state index contributed by atoms with van der Waals surface area (Å²) < 4.78 is 0. The standard InChI is InChI=1S/C17H36N2/c1-4-12-18-13-7-5-6-8-14-19(3)17-11-9-10-16(2)15-17/h16-18H,4-15H2,1-3H3. The van der Waals surface area contributed by atoms with Crippen LogP contribution in [0.2, 0.25) is 0 Å². The van der Waals surface area contributed by atoms with Crippen LogP contribution in [0.25, 0.3) is 0 Å². The Morgan fingerprint density at radius 3 is 2.58 bits per heavy atom. The number of hydrogen-bond acceptors (Lipinski definition) is 2. The molecule has 2 nitrogen and oxygen atoms in total. The summed E-state index contributed by atoms with van der Waals surface area (Å²) in [6.45, 7) is 8.35. The number of nitrogens with zero attached hydrogens (tertiary/aromatic N) is 1. The van der Waals surface area contributed by atoms with E-state index in [9.17, 15) is 0 Å². The lowest BCUT2D eigenvalue weighted by atomic mass is 9.86. The second kappa shape index (κ2) is 10.7. The van der Waals surface area contributed by atoms with E-state index in [1.807, 2.05) is 0 Å². The van der Waals surface area contributed by atoms with Gasteiger partial charge in [0, 0.05) is 6.04 Å². The first kappa shape index (κ1) is 17.0. The molecule has 1 rings (SSSR count). The highest BCUT2D eigenvalue weighted by Gasteiger charge is 2.21. The Kier molecular flexibility index (Phi) is 9.54. The van der Waals surface area contributed by atoms with Gasteiger partial charge < -0.3 is 10.2 Å². The van der Waals surface area contributed by atoms with Gasteiger partial charge in [-0.2, -0.15) is 0 Å². The van der Waals surface area contributed by atoms with E-state index in [0.717, 1.165) is 12.0 Å². The predicted molar refractivity (Wildman–Crippen MR) is 85.7 cm³/mol. The number of rotatable bonds is 10. The smallest absolute Gasteiger partial charge is 0.00947 e. The summed E-state index contributed by atoms with van der Waals surface area (Å²) in [7, 11) is 2.34. The average molecular weight is 268 g/mol. The molecule has 1 aliphatic carbocycles. The second-order valence-electron chi connectivity index (χ2n) is 6.57. The van der Waals surface area contributed by atoms with E-state index in [1.54, 1.807) is 0 Å². The van der Waals surface area contributed by atoms with Gasteiger partial charge in [-0.1, -0.05) is 39.5 Å². The van der Waals surface area contributed by atoms with E-state index in [1.165, 1.54) is 77.4 Å². The Bertz CT molecular complexity index is 205. The molecule has 0 amide bonds. The molecule has 2 atom stereocenters. The van der Waals surface area contributed by atoms with E-state index in [4.69, 9.17) is 0 Å². The van der Waals surface area contributed by atoms with Crippen molar-refractivity contribution in [3.8, 4) is 0 Å².